The molecule has 0 amide bonds. The highest BCUT2D eigenvalue weighted by atomic mass is 16.1. The SMILES string of the molecule is CCC(=O)c1ccc(-c2ccccc2CN)cc1. The molecule has 0 aliphatic carbocycles. The molecule has 0 saturated carbocycles. The van der Waals surface area contributed by atoms with Crippen LogP contribution < -0.4 is 5.73 Å². The van der Waals surface area contributed by atoms with Crippen LogP contribution in [0.25, 0.3) is 11.1 Å². The van der Waals surface area contributed by atoms with Gasteiger partial charge in [-0.15, -0.1) is 0 Å². The maximum atomic E-state index is 11.6. The van der Waals surface area contributed by atoms with E-state index in [-0.39, 0.29) is 5.78 Å². The smallest absolute Gasteiger partial charge is 0.162 e. The first-order chi connectivity index (χ1) is 8.76. The molecule has 2 N–H and O–H groups in total. The van der Waals surface area contributed by atoms with Gasteiger partial charge in [0.2, 0.25) is 0 Å². The molecule has 0 radical (unpaired) electrons. The van der Waals surface area contributed by atoms with Crippen LogP contribution >= 0.6 is 0 Å². The van der Waals surface area contributed by atoms with E-state index in [0.717, 1.165) is 22.3 Å². The Kier molecular flexibility index (Phi) is 3.90. The number of hydrogen-bond acceptors (Lipinski definition) is 2. The van der Waals surface area contributed by atoms with Crippen LogP contribution in [0, 0.1) is 0 Å². The first-order valence-corrected chi connectivity index (χ1v) is 6.18. The maximum absolute atomic E-state index is 11.6. The van der Waals surface area contributed by atoms with Crippen molar-refractivity contribution in [1.82, 2.24) is 0 Å². The molecule has 92 valence electrons. The second-order valence-electron chi connectivity index (χ2n) is 4.22. The number of nitrogens with two attached hydrogens (primary N) is 1. The van der Waals surface area contributed by atoms with Crippen LogP contribution in [0.15, 0.2) is 48.5 Å². The third kappa shape index (κ3) is 2.49. The van der Waals surface area contributed by atoms with Gasteiger partial charge in [-0.05, 0) is 16.7 Å². The van der Waals surface area contributed by atoms with E-state index in [1.165, 1.54) is 0 Å². The average Bonchev–Trinajstić information content (AvgIpc) is 2.46. The molecule has 0 bridgehead atoms. The first kappa shape index (κ1) is 12.5. The molecule has 0 aliphatic heterocycles. The normalized spacial score (nSPS) is 10.3. The highest BCUT2D eigenvalue weighted by Crippen LogP contribution is 2.23. The summed E-state index contributed by atoms with van der Waals surface area (Å²) in [5, 5.41) is 0. The molecule has 0 aromatic heterocycles. The monoisotopic (exact) mass is 239 g/mol. The van der Waals surface area contributed by atoms with Crippen LogP contribution in [0.5, 0.6) is 0 Å². The Labute approximate surface area is 107 Å². The summed E-state index contributed by atoms with van der Waals surface area (Å²) in [4.78, 5) is 11.6. The van der Waals surface area contributed by atoms with E-state index in [9.17, 15) is 4.79 Å². The summed E-state index contributed by atoms with van der Waals surface area (Å²) >= 11 is 0. The Morgan fingerprint density at radius 3 is 2.33 bits per heavy atom. The topological polar surface area (TPSA) is 43.1 Å². The minimum atomic E-state index is 0.175. The van der Waals surface area contributed by atoms with Gasteiger partial charge in [0.15, 0.2) is 5.78 Å². The third-order valence-electron chi connectivity index (χ3n) is 3.08. The second kappa shape index (κ2) is 5.61. The Hall–Kier alpha value is -1.93. The number of carbonyl (C=O) groups excluding carboxylic acids is 1. The van der Waals surface area contributed by atoms with Crippen LogP contribution in [0.2, 0.25) is 0 Å². The van der Waals surface area contributed by atoms with E-state index in [1.54, 1.807) is 0 Å². The fraction of sp³-hybridized carbons (Fsp3) is 0.188. The van der Waals surface area contributed by atoms with Gasteiger partial charge in [-0.1, -0.05) is 55.5 Å². The van der Waals surface area contributed by atoms with Gasteiger partial charge in [0.05, 0.1) is 0 Å². The van der Waals surface area contributed by atoms with Crippen LogP contribution in [-0.2, 0) is 6.54 Å². The Morgan fingerprint density at radius 2 is 1.72 bits per heavy atom. The van der Waals surface area contributed by atoms with Gasteiger partial charge in [-0.2, -0.15) is 0 Å². The van der Waals surface area contributed by atoms with Crippen molar-refractivity contribution in [1.29, 1.82) is 0 Å². The fourth-order valence-electron chi connectivity index (χ4n) is 2.02. The van der Waals surface area contributed by atoms with Crippen molar-refractivity contribution in [3.63, 3.8) is 0 Å². The van der Waals surface area contributed by atoms with Gasteiger partial charge in [0.25, 0.3) is 0 Å². The fourth-order valence-corrected chi connectivity index (χ4v) is 2.02. The molecule has 0 heterocycles. The summed E-state index contributed by atoms with van der Waals surface area (Å²) in [6.07, 6.45) is 0.540. The van der Waals surface area contributed by atoms with Crippen molar-refractivity contribution < 1.29 is 4.79 Å². The number of ketones is 1. The lowest BCUT2D eigenvalue weighted by Gasteiger charge is -2.08. The van der Waals surface area contributed by atoms with Crippen molar-refractivity contribution in [2.24, 2.45) is 5.73 Å². The van der Waals surface area contributed by atoms with Gasteiger partial charge in [-0.3, -0.25) is 4.79 Å². The zero-order chi connectivity index (χ0) is 13.0. The van der Waals surface area contributed by atoms with Gasteiger partial charge in [-0.25, -0.2) is 0 Å². The molecule has 2 nitrogen and oxygen atoms in total. The highest BCUT2D eigenvalue weighted by Gasteiger charge is 2.05. The summed E-state index contributed by atoms with van der Waals surface area (Å²) in [6.45, 7) is 2.39. The molecule has 2 aromatic carbocycles. The second-order valence-corrected chi connectivity index (χ2v) is 4.22. The molecule has 0 fully saturated rings. The van der Waals surface area contributed by atoms with Crippen molar-refractivity contribution in [3.8, 4) is 11.1 Å². The van der Waals surface area contributed by atoms with E-state index in [4.69, 9.17) is 5.73 Å². The van der Waals surface area contributed by atoms with Crippen molar-refractivity contribution >= 4 is 5.78 Å². The Bertz CT molecular complexity index is 543. The molecule has 2 aromatic rings. The van der Waals surface area contributed by atoms with Crippen LogP contribution in [-0.4, -0.2) is 5.78 Å². The lowest BCUT2D eigenvalue weighted by molar-refractivity contribution is 0.0988. The third-order valence-corrected chi connectivity index (χ3v) is 3.08. The van der Waals surface area contributed by atoms with Gasteiger partial charge in [0, 0.05) is 18.5 Å². The van der Waals surface area contributed by atoms with Gasteiger partial charge >= 0.3 is 0 Å². The molecule has 0 spiro atoms. The number of Topliss-reactive ketones (excluding diaryl/α,β-unsaturated/α-hetero) is 1. The minimum absolute atomic E-state index is 0.175. The summed E-state index contributed by atoms with van der Waals surface area (Å²) < 4.78 is 0. The van der Waals surface area contributed by atoms with Crippen molar-refractivity contribution in [3.05, 3.63) is 59.7 Å². The zero-order valence-corrected chi connectivity index (χ0v) is 10.5. The van der Waals surface area contributed by atoms with E-state index in [1.807, 2.05) is 49.4 Å². The molecular formula is C16H17NO. The molecule has 2 rings (SSSR count). The molecule has 0 atom stereocenters. The molecule has 0 unspecified atom stereocenters. The lowest BCUT2D eigenvalue weighted by atomic mass is 9.98. The standard InChI is InChI=1S/C16H17NO/c1-2-16(18)13-9-7-12(8-10-13)15-6-4-3-5-14(15)11-17/h3-10H,2,11,17H2,1H3. The summed E-state index contributed by atoms with van der Waals surface area (Å²) in [5.41, 5.74) is 9.86. The number of benzene rings is 2. The highest BCUT2D eigenvalue weighted by molar-refractivity contribution is 5.96. The largest absolute Gasteiger partial charge is 0.326 e. The van der Waals surface area contributed by atoms with Crippen LogP contribution in [0.1, 0.15) is 29.3 Å². The summed E-state index contributed by atoms with van der Waals surface area (Å²) in [6, 6.07) is 15.8. The van der Waals surface area contributed by atoms with Crippen LogP contribution in [0.4, 0.5) is 0 Å². The van der Waals surface area contributed by atoms with E-state index >= 15 is 0 Å². The predicted octanol–water partition coefficient (Wildman–Crippen LogP) is 3.41. The average molecular weight is 239 g/mol. The zero-order valence-electron chi connectivity index (χ0n) is 10.5. The number of hydrogen-bond donors (Lipinski definition) is 1. The minimum Gasteiger partial charge on any atom is -0.326 e. The molecular weight excluding hydrogens is 222 g/mol. The van der Waals surface area contributed by atoms with Crippen molar-refractivity contribution in [2.75, 3.05) is 0 Å². The van der Waals surface area contributed by atoms with Gasteiger partial charge < -0.3 is 5.73 Å². The van der Waals surface area contributed by atoms with Crippen LogP contribution in [0.3, 0.4) is 0 Å². The Morgan fingerprint density at radius 1 is 1.06 bits per heavy atom. The summed E-state index contributed by atoms with van der Waals surface area (Å²) in [7, 11) is 0. The Balaban J connectivity index is 2.37. The lowest BCUT2D eigenvalue weighted by Crippen LogP contribution is -1.99. The maximum Gasteiger partial charge on any atom is 0.162 e. The van der Waals surface area contributed by atoms with Crippen molar-refractivity contribution in [2.45, 2.75) is 19.9 Å². The molecule has 18 heavy (non-hydrogen) atoms. The number of carbonyl (C=O) groups is 1. The van der Waals surface area contributed by atoms with E-state index in [0.29, 0.717) is 13.0 Å². The predicted molar refractivity (Wildman–Crippen MR) is 74.4 cm³/mol. The van der Waals surface area contributed by atoms with Gasteiger partial charge in [0.1, 0.15) is 0 Å². The van der Waals surface area contributed by atoms with E-state index < -0.39 is 0 Å². The number of rotatable bonds is 4. The van der Waals surface area contributed by atoms with E-state index in [2.05, 4.69) is 6.07 Å². The molecule has 0 saturated heterocycles. The molecule has 0 aliphatic rings. The molecule has 2 heteroatoms. The first-order valence-electron chi connectivity index (χ1n) is 6.18. The quantitative estimate of drug-likeness (QED) is 0.831. The summed E-state index contributed by atoms with van der Waals surface area (Å²) in [5.74, 6) is 0.175.